The van der Waals surface area contributed by atoms with Crippen LogP contribution < -0.4 is 0 Å². The molecule has 0 aromatic rings. The first kappa shape index (κ1) is 10.3. The molecule has 0 aromatic carbocycles. The number of ether oxygens (including phenoxy) is 1. The second-order valence-electron chi connectivity index (χ2n) is 2.88. The Labute approximate surface area is 90.1 Å². The Morgan fingerprint density at radius 1 is 1.58 bits per heavy atom. The average Bonchev–Trinajstić information content (AvgIpc) is 2.06. The lowest BCUT2D eigenvalue weighted by Crippen LogP contribution is -2.17. The third kappa shape index (κ3) is 1.94. The van der Waals surface area contributed by atoms with Gasteiger partial charge >= 0.3 is 0 Å². The summed E-state index contributed by atoms with van der Waals surface area (Å²) < 4.78 is 6.37. The van der Waals surface area contributed by atoms with Crippen molar-refractivity contribution in [3.63, 3.8) is 0 Å². The SMILES string of the molecule is COC1=C(Br)C=CC(CBr)C1C. The van der Waals surface area contributed by atoms with Gasteiger partial charge in [0, 0.05) is 11.2 Å². The fraction of sp³-hybridized carbons (Fsp3) is 0.556. The minimum Gasteiger partial charge on any atom is -0.500 e. The second kappa shape index (κ2) is 4.47. The molecular formula is C9H12Br2O. The number of hydrogen-bond acceptors (Lipinski definition) is 1. The maximum atomic E-state index is 5.31. The van der Waals surface area contributed by atoms with Gasteiger partial charge in [-0.15, -0.1) is 0 Å². The molecule has 1 rings (SSSR count). The van der Waals surface area contributed by atoms with E-state index in [9.17, 15) is 0 Å². The molecule has 0 radical (unpaired) electrons. The molecule has 0 saturated carbocycles. The van der Waals surface area contributed by atoms with Crippen molar-refractivity contribution in [3.8, 4) is 0 Å². The Kier molecular flexibility index (Phi) is 3.84. The Bertz CT molecular complexity index is 221. The summed E-state index contributed by atoms with van der Waals surface area (Å²) in [6, 6.07) is 0. The van der Waals surface area contributed by atoms with E-state index < -0.39 is 0 Å². The molecule has 12 heavy (non-hydrogen) atoms. The average molecular weight is 296 g/mol. The van der Waals surface area contributed by atoms with Crippen molar-refractivity contribution in [2.75, 3.05) is 12.4 Å². The predicted molar refractivity (Wildman–Crippen MR) is 58.6 cm³/mol. The Hall–Kier alpha value is 0.240. The van der Waals surface area contributed by atoms with Crippen LogP contribution in [0, 0.1) is 11.8 Å². The lowest BCUT2D eigenvalue weighted by atomic mass is 9.90. The van der Waals surface area contributed by atoms with Gasteiger partial charge in [-0.1, -0.05) is 28.9 Å². The van der Waals surface area contributed by atoms with Crippen molar-refractivity contribution < 1.29 is 4.74 Å². The van der Waals surface area contributed by atoms with E-state index in [4.69, 9.17) is 4.74 Å². The van der Waals surface area contributed by atoms with Gasteiger partial charge in [0.05, 0.1) is 11.6 Å². The predicted octanol–water partition coefficient (Wildman–Crippen LogP) is 3.46. The van der Waals surface area contributed by atoms with Crippen LogP contribution in [0.15, 0.2) is 22.4 Å². The minimum absolute atomic E-state index is 0.453. The van der Waals surface area contributed by atoms with Crippen LogP contribution >= 0.6 is 31.9 Å². The van der Waals surface area contributed by atoms with Gasteiger partial charge in [-0.2, -0.15) is 0 Å². The molecule has 1 aliphatic rings. The van der Waals surface area contributed by atoms with Crippen molar-refractivity contribution >= 4 is 31.9 Å². The summed E-state index contributed by atoms with van der Waals surface area (Å²) in [6.07, 6.45) is 4.26. The molecule has 1 nitrogen and oxygen atoms in total. The fourth-order valence-electron chi connectivity index (χ4n) is 1.34. The van der Waals surface area contributed by atoms with E-state index in [1.165, 1.54) is 0 Å². The standard InChI is InChI=1S/C9H12Br2O/c1-6-7(5-10)3-4-8(11)9(6)12-2/h3-4,6-7H,5H2,1-2H3. The first-order valence-corrected chi connectivity index (χ1v) is 5.80. The number of alkyl halides is 1. The van der Waals surface area contributed by atoms with E-state index in [0.717, 1.165) is 15.6 Å². The number of allylic oxidation sites excluding steroid dienone is 4. The molecule has 0 spiro atoms. The molecule has 2 atom stereocenters. The van der Waals surface area contributed by atoms with Gasteiger partial charge in [-0.25, -0.2) is 0 Å². The van der Waals surface area contributed by atoms with Gasteiger partial charge in [-0.3, -0.25) is 0 Å². The van der Waals surface area contributed by atoms with E-state index in [1.807, 2.05) is 0 Å². The molecule has 0 fully saturated rings. The summed E-state index contributed by atoms with van der Waals surface area (Å²) in [5.74, 6) is 2.04. The molecule has 1 aliphatic carbocycles. The van der Waals surface area contributed by atoms with Crippen molar-refractivity contribution in [1.82, 2.24) is 0 Å². The van der Waals surface area contributed by atoms with Gasteiger partial charge in [0.2, 0.25) is 0 Å². The highest BCUT2D eigenvalue weighted by Crippen LogP contribution is 2.33. The van der Waals surface area contributed by atoms with E-state index in [0.29, 0.717) is 11.8 Å². The largest absolute Gasteiger partial charge is 0.500 e. The van der Waals surface area contributed by atoms with E-state index in [-0.39, 0.29) is 0 Å². The molecule has 68 valence electrons. The molecular weight excluding hydrogens is 284 g/mol. The van der Waals surface area contributed by atoms with Crippen LogP contribution in [0.4, 0.5) is 0 Å². The van der Waals surface area contributed by atoms with Crippen LogP contribution in [0.25, 0.3) is 0 Å². The third-order valence-electron chi connectivity index (χ3n) is 2.18. The topological polar surface area (TPSA) is 9.23 Å². The molecule has 0 heterocycles. The van der Waals surface area contributed by atoms with Crippen molar-refractivity contribution in [1.29, 1.82) is 0 Å². The molecule has 0 bridgehead atoms. The first-order valence-electron chi connectivity index (χ1n) is 3.88. The van der Waals surface area contributed by atoms with Gasteiger partial charge in [-0.05, 0) is 27.9 Å². The number of methoxy groups -OCH3 is 1. The Balaban J connectivity index is 2.85. The van der Waals surface area contributed by atoms with Crippen molar-refractivity contribution in [3.05, 3.63) is 22.4 Å². The van der Waals surface area contributed by atoms with Crippen LogP contribution in [-0.4, -0.2) is 12.4 Å². The van der Waals surface area contributed by atoms with E-state index in [1.54, 1.807) is 7.11 Å². The zero-order valence-electron chi connectivity index (χ0n) is 7.18. The number of rotatable bonds is 2. The zero-order valence-corrected chi connectivity index (χ0v) is 10.4. The monoisotopic (exact) mass is 294 g/mol. The van der Waals surface area contributed by atoms with Crippen LogP contribution in [0.1, 0.15) is 6.92 Å². The summed E-state index contributed by atoms with van der Waals surface area (Å²) in [5.41, 5.74) is 0. The highest BCUT2D eigenvalue weighted by atomic mass is 79.9. The van der Waals surface area contributed by atoms with E-state index >= 15 is 0 Å². The van der Waals surface area contributed by atoms with E-state index in [2.05, 4.69) is 50.9 Å². The summed E-state index contributed by atoms with van der Waals surface area (Å²) in [4.78, 5) is 0. The van der Waals surface area contributed by atoms with Crippen LogP contribution in [0.3, 0.4) is 0 Å². The maximum Gasteiger partial charge on any atom is 0.113 e. The van der Waals surface area contributed by atoms with Gasteiger partial charge < -0.3 is 4.74 Å². The normalized spacial score (nSPS) is 29.3. The maximum absolute atomic E-state index is 5.31. The molecule has 0 N–H and O–H groups in total. The Morgan fingerprint density at radius 3 is 2.75 bits per heavy atom. The second-order valence-corrected chi connectivity index (χ2v) is 4.38. The van der Waals surface area contributed by atoms with Crippen LogP contribution in [0.5, 0.6) is 0 Å². The fourth-order valence-corrected chi connectivity index (χ4v) is 2.79. The van der Waals surface area contributed by atoms with Gasteiger partial charge in [0.25, 0.3) is 0 Å². The highest BCUT2D eigenvalue weighted by molar-refractivity contribution is 9.12. The summed E-state index contributed by atoms with van der Waals surface area (Å²) in [6.45, 7) is 2.18. The van der Waals surface area contributed by atoms with Gasteiger partial charge in [0.15, 0.2) is 0 Å². The third-order valence-corrected chi connectivity index (χ3v) is 3.58. The quantitative estimate of drug-likeness (QED) is 0.709. The lowest BCUT2D eigenvalue weighted by molar-refractivity contribution is 0.228. The first-order chi connectivity index (χ1) is 5.70. The van der Waals surface area contributed by atoms with Crippen LogP contribution in [0.2, 0.25) is 0 Å². The molecule has 0 aromatic heterocycles. The summed E-state index contributed by atoms with van der Waals surface area (Å²) >= 11 is 6.95. The molecule has 2 unspecified atom stereocenters. The molecule has 0 saturated heterocycles. The van der Waals surface area contributed by atoms with Gasteiger partial charge in [0.1, 0.15) is 5.76 Å². The van der Waals surface area contributed by atoms with Crippen molar-refractivity contribution in [2.24, 2.45) is 11.8 Å². The Morgan fingerprint density at radius 2 is 2.25 bits per heavy atom. The lowest BCUT2D eigenvalue weighted by Gasteiger charge is -2.25. The van der Waals surface area contributed by atoms with Crippen LogP contribution in [-0.2, 0) is 4.74 Å². The summed E-state index contributed by atoms with van der Waals surface area (Å²) in [5, 5.41) is 0.984. The minimum atomic E-state index is 0.453. The summed E-state index contributed by atoms with van der Waals surface area (Å²) in [7, 11) is 1.72. The van der Waals surface area contributed by atoms with Crippen molar-refractivity contribution in [2.45, 2.75) is 6.92 Å². The molecule has 0 aliphatic heterocycles. The molecule has 3 heteroatoms. The smallest absolute Gasteiger partial charge is 0.113 e. The highest BCUT2D eigenvalue weighted by Gasteiger charge is 2.23. The molecule has 0 amide bonds. The number of halogens is 2. The number of hydrogen-bond donors (Lipinski definition) is 0. The zero-order chi connectivity index (χ0) is 9.14.